The van der Waals surface area contributed by atoms with Crippen LogP contribution in [0.15, 0.2) is 66.7 Å². The first-order chi connectivity index (χ1) is 12.6. The van der Waals surface area contributed by atoms with Crippen LogP contribution >= 0.6 is 0 Å². The Labute approximate surface area is 156 Å². The predicted molar refractivity (Wildman–Crippen MR) is 107 cm³/mol. The van der Waals surface area contributed by atoms with Crippen molar-refractivity contribution in [3.8, 4) is 0 Å². The van der Waals surface area contributed by atoms with Gasteiger partial charge in [0.15, 0.2) is 0 Å². The molecule has 4 heteroatoms. The Morgan fingerprint density at radius 2 is 1.73 bits per heavy atom. The molecule has 0 radical (unpaired) electrons. The summed E-state index contributed by atoms with van der Waals surface area (Å²) in [5.74, 6) is 0. The summed E-state index contributed by atoms with van der Waals surface area (Å²) in [6.45, 7) is 2.01. The molecule has 2 aromatic carbocycles. The number of carbonyl (C=O) groups is 1. The van der Waals surface area contributed by atoms with Crippen molar-refractivity contribution in [2.24, 2.45) is 0 Å². The predicted octanol–water partition coefficient (Wildman–Crippen LogP) is 3.79. The SMILES string of the molecule is CN(C)C(CNC(=O)N1CC=C(c2ccccc2)CC1)c1ccccc1. The van der Waals surface area contributed by atoms with Gasteiger partial charge in [-0.2, -0.15) is 0 Å². The maximum Gasteiger partial charge on any atom is 0.317 e. The smallest absolute Gasteiger partial charge is 0.317 e. The largest absolute Gasteiger partial charge is 0.336 e. The number of benzene rings is 2. The van der Waals surface area contributed by atoms with Gasteiger partial charge in [0.25, 0.3) is 0 Å². The third-order valence-corrected chi connectivity index (χ3v) is 4.90. The highest BCUT2D eigenvalue weighted by atomic mass is 16.2. The highest BCUT2D eigenvalue weighted by molar-refractivity contribution is 5.76. The average molecular weight is 349 g/mol. The van der Waals surface area contributed by atoms with E-state index in [4.69, 9.17) is 0 Å². The minimum absolute atomic E-state index is 0.0103. The fraction of sp³-hybridized carbons (Fsp3) is 0.318. The van der Waals surface area contributed by atoms with Crippen LogP contribution in [-0.2, 0) is 0 Å². The topological polar surface area (TPSA) is 35.6 Å². The van der Waals surface area contributed by atoms with Crippen molar-refractivity contribution in [2.45, 2.75) is 12.5 Å². The van der Waals surface area contributed by atoms with Crippen molar-refractivity contribution in [2.75, 3.05) is 33.7 Å². The normalized spacial score (nSPS) is 15.5. The molecule has 4 nitrogen and oxygen atoms in total. The fourth-order valence-electron chi connectivity index (χ4n) is 3.34. The summed E-state index contributed by atoms with van der Waals surface area (Å²) in [6.07, 6.45) is 3.06. The van der Waals surface area contributed by atoms with E-state index in [1.54, 1.807) is 0 Å². The maximum absolute atomic E-state index is 12.6. The molecule has 1 aliphatic heterocycles. The second-order valence-corrected chi connectivity index (χ2v) is 6.87. The first kappa shape index (κ1) is 18.2. The molecule has 0 aliphatic carbocycles. The summed E-state index contributed by atoms with van der Waals surface area (Å²) in [5.41, 5.74) is 3.79. The number of amides is 2. The van der Waals surface area contributed by atoms with Crippen molar-refractivity contribution in [3.05, 3.63) is 77.9 Å². The van der Waals surface area contributed by atoms with E-state index < -0.39 is 0 Å². The van der Waals surface area contributed by atoms with Crippen molar-refractivity contribution >= 4 is 11.6 Å². The van der Waals surface area contributed by atoms with Crippen LogP contribution < -0.4 is 5.32 Å². The molecule has 26 heavy (non-hydrogen) atoms. The third kappa shape index (κ3) is 4.52. The van der Waals surface area contributed by atoms with Gasteiger partial charge in [-0.05, 0) is 37.2 Å². The molecule has 0 bridgehead atoms. The van der Waals surface area contributed by atoms with Crippen molar-refractivity contribution < 1.29 is 4.79 Å². The van der Waals surface area contributed by atoms with E-state index in [1.165, 1.54) is 16.7 Å². The Hall–Kier alpha value is -2.59. The van der Waals surface area contributed by atoms with E-state index in [2.05, 4.69) is 52.7 Å². The van der Waals surface area contributed by atoms with E-state index in [1.807, 2.05) is 43.3 Å². The van der Waals surface area contributed by atoms with Gasteiger partial charge in [-0.25, -0.2) is 4.79 Å². The molecule has 1 N–H and O–H groups in total. The fourth-order valence-corrected chi connectivity index (χ4v) is 3.34. The number of rotatable bonds is 5. The Morgan fingerprint density at radius 1 is 1.08 bits per heavy atom. The van der Waals surface area contributed by atoms with Crippen LogP contribution in [0.3, 0.4) is 0 Å². The van der Waals surface area contributed by atoms with Crippen molar-refractivity contribution in [1.29, 1.82) is 0 Å². The van der Waals surface area contributed by atoms with Gasteiger partial charge in [0, 0.05) is 19.6 Å². The number of carbonyl (C=O) groups excluding carboxylic acids is 1. The van der Waals surface area contributed by atoms with Crippen LogP contribution in [0, 0.1) is 0 Å². The van der Waals surface area contributed by atoms with Crippen LogP contribution in [0.2, 0.25) is 0 Å². The molecule has 1 atom stereocenters. The highest BCUT2D eigenvalue weighted by Crippen LogP contribution is 2.22. The van der Waals surface area contributed by atoms with E-state index in [9.17, 15) is 4.79 Å². The zero-order valence-corrected chi connectivity index (χ0v) is 15.6. The van der Waals surface area contributed by atoms with Gasteiger partial charge in [0.05, 0.1) is 6.04 Å². The van der Waals surface area contributed by atoms with Crippen LogP contribution in [0.4, 0.5) is 4.79 Å². The summed E-state index contributed by atoms with van der Waals surface area (Å²) in [7, 11) is 4.08. The second kappa shape index (κ2) is 8.68. The van der Waals surface area contributed by atoms with Gasteiger partial charge >= 0.3 is 6.03 Å². The quantitative estimate of drug-likeness (QED) is 0.891. The van der Waals surface area contributed by atoms with Gasteiger partial charge in [0.2, 0.25) is 0 Å². The minimum Gasteiger partial charge on any atom is -0.336 e. The molecule has 2 amide bonds. The summed E-state index contributed by atoms with van der Waals surface area (Å²) in [4.78, 5) is 16.6. The van der Waals surface area contributed by atoms with Crippen LogP contribution in [-0.4, -0.2) is 49.6 Å². The van der Waals surface area contributed by atoms with Crippen molar-refractivity contribution in [3.63, 3.8) is 0 Å². The summed E-state index contributed by atoms with van der Waals surface area (Å²) >= 11 is 0. The minimum atomic E-state index is 0.0103. The lowest BCUT2D eigenvalue weighted by Crippen LogP contribution is -2.44. The number of urea groups is 1. The summed E-state index contributed by atoms with van der Waals surface area (Å²) < 4.78 is 0. The zero-order valence-electron chi connectivity index (χ0n) is 15.6. The van der Waals surface area contributed by atoms with Gasteiger partial charge in [-0.3, -0.25) is 0 Å². The van der Waals surface area contributed by atoms with E-state index >= 15 is 0 Å². The van der Waals surface area contributed by atoms with Crippen LogP contribution in [0.25, 0.3) is 5.57 Å². The zero-order chi connectivity index (χ0) is 18.4. The molecule has 2 aromatic rings. The Balaban J connectivity index is 1.56. The van der Waals surface area contributed by atoms with Gasteiger partial charge < -0.3 is 15.1 Å². The van der Waals surface area contributed by atoms with E-state index in [0.717, 1.165) is 13.0 Å². The summed E-state index contributed by atoms with van der Waals surface area (Å²) in [5, 5.41) is 3.10. The van der Waals surface area contributed by atoms with E-state index in [0.29, 0.717) is 13.1 Å². The van der Waals surface area contributed by atoms with Crippen LogP contribution in [0.5, 0.6) is 0 Å². The lowest BCUT2D eigenvalue weighted by Gasteiger charge is -2.29. The average Bonchev–Trinajstić information content (AvgIpc) is 2.69. The number of nitrogens with one attached hydrogen (secondary N) is 1. The standard InChI is InChI=1S/C22H27N3O/c1-24(2)21(20-11-7-4-8-12-20)17-23-22(26)25-15-13-19(14-16-25)18-9-5-3-6-10-18/h3-13,21H,14-17H2,1-2H3,(H,23,26). The maximum atomic E-state index is 12.6. The Morgan fingerprint density at radius 3 is 2.31 bits per heavy atom. The lowest BCUT2D eigenvalue weighted by molar-refractivity contribution is 0.197. The molecule has 1 heterocycles. The molecule has 0 spiro atoms. The third-order valence-electron chi connectivity index (χ3n) is 4.90. The molecule has 0 aromatic heterocycles. The van der Waals surface area contributed by atoms with Gasteiger partial charge in [-0.15, -0.1) is 0 Å². The summed E-state index contributed by atoms with van der Waals surface area (Å²) in [6, 6.07) is 20.9. The van der Waals surface area contributed by atoms with E-state index in [-0.39, 0.29) is 12.1 Å². The first-order valence-electron chi connectivity index (χ1n) is 9.14. The molecule has 136 valence electrons. The van der Waals surface area contributed by atoms with Gasteiger partial charge in [-0.1, -0.05) is 66.7 Å². The molecule has 0 saturated carbocycles. The Bertz CT molecular complexity index is 740. The molecular formula is C22H27N3O. The van der Waals surface area contributed by atoms with Crippen LogP contribution in [0.1, 0.15) is 23.6 Å². The molecular weight excluding hydrogens is 322 g/mol. The highest BCUT2D eigenvalue weighted by Gasteiger charge is 2.20. The molecule has 3 rings (SSSR count). The Kier molecular flexibility index (Phi) is 6.08. The van der Waals surface area contributed by atoms with Gasteiger partial charge in [0.1, 0.15) is 0 Å². The molecule has 1 unspecified atom stereocenters. The second-order valence-electron chi connectivity index (χ2n) is 6.87. The number of hydrogen-bond donors (Lipinski definition) is 1. The number of likely N-dealkylation sites (N-methyl/N-ethyl adjacent to an activating group) is 1. The molecule has 0 fully saturated rings. The first-order valence-corrected chi connectivity index (χ1v) is 9.14. The monoisotopic (exact) mass is 349 g/mol. The lowest BCUT2D eigenvalue weighted by atomic mass is 10.00. The molecule has 1 aliphatic rings. The number of nitrogens with zero attached hydrogens (tertiary/aromatic N) is 2. The number of hydrogen-bond acceptors (Lipinski definition) is 2. The molecule has 0 saturated heterocycles. The van der Waals surface area contributed by atoms with Crippen molar-refractivity contribution in [1.82, 2.24) is 15.1 Å².